The van der Waals surface area contributed by atoms with Crippen LogP contribution in [0.25, 0.3) is 0 Å². The molecule has 1 rings (SSSR count). The van der Waals surface area contributed by atoms with Crippen LogP contribution < -0.4 is 5.73 Å². The van der Waals surface area contributed by atoms with Crippen LogP contribution in [-0.4, -0.2) is 33.5 Å². The van der Waals surface area contributed by atoms with Crippen molar-refractivity contribution in [1.82, 2.24) is 14.5 Å². The van der Waals surface area contributed by atoms with E-state index in [4.69, 9.17) is 5.73 Å². The first-order chi connectivity index (χ1) is 7.19. The van der Waals surface area contributed by atoms with E-state index in [1.54, 1.807) is 12.5 Å². The fourth-order valence-electron chi connectivity index (χ4n) is 1.35. The minimum absolute atomic E-state index is 0.582. The summed E-state index contributed by atoms with van der Waals surface area (Å²) in [7, 11) is 1.95. The van der Waals surface area contributed by atoms with Crippen LogP contribution in [0.2, 0.25) is 0 Å². The quantitative estimate of drug-likeness (QED) is 0.583. The normalized spacial score (nSPS) is 11.8. The van der Waals surface area contributed by atoms with Gasteiger partial charge in [-0.15, -0.1) is 0 Å². The van der Waals surface area contributed by atoms with Crippen LogP contribution in [0, 0.1) is 0 Å². The molecule has 84 valence electrons. The Morgan fingerprint density at radius 2 is 2.20 bits per heavy atom. The fourth-order valence-corrected chi connectivity index (χ4v) is 1.35. The summed E-state index contributed by atoms with van der Waals surface area (Å²) in [5.41, 5.74) is 6.91. The summed E-state index contributed by atoms with van der Waals surface area (Å²) >= 11 is 0. The van der Waals surface area contributed by atoms with Gasteiger partial charge in [-0.2, -0.15) is 0 Å². The van der Waals surface area contributed by atoms with E-state index in [2.05, 4.69) is 23.8 Å². The van der Waals surface area contributed by atoms with Crippen LogP contribution in [0.1, 0.15) is 19.5 Å². The van der Waals surface area contributed by atoms with Crippen LogP contribution in [0.15, 0.2) is 17.5 Å². The Bertz CT molecular complexity index is 324. The summed E-state index contributed by atoms with van der Waals surface area (Å²) in [5.74, 6) is 0.598. The maximum Gasteiger partial charge on any atom is 0.191 e. The average molecular weight is 209 g/mol. The average Bonchev–Trinajstić information content (AvgIpc) is 2.63. The summed E-state index contributed by atoms with van der Waals surface area (Å²) in [6.07, 6.45) is 3.57. The second-order valence-electron chi connectivity index (χ2n) is 3.34. The van der Waals surface area contributed by atoms with Gasteiger partial charge in [0.15, 0.2) is 5.96 Å². The van der Waals surface area contributed by atoms with Gasteiger partial charge in [0.25, 0.3) is 0 Å². The number of aliphatic imine (C=N–C) groups is 1. The second kappa shape index (κ2) is 5.38. The van der Waals surface area contributed by atoms with Crippen molar-refractivity contribution in [2.24, 2.45) is 17.8 Å². The Morgan fingerprint density at radius 3 is 2.67 bits per heavy atom. The summed E-state index contributed by atoms with van der Waals surface area (Å²) in [6, 6.07) is 0. The van der Waals surface area contributed by atoms with Crippen LogP contribution in [-0.2, 0) is 13.6 Å². The highest BCUT2D eigenvalue weighted by molar-refractivity contribution is 5.77. The molecule has 1 heterocycles. The number of imidazole rings is 1. The zero-order valence-corrected chi connectivity index (χ0v) is 9.64. The predicted molar refractivity (Wildman–Crippen MR) is 61.5 cm³/mol. The Balaban J connectivity index is 2.61. The Labute approximate surface area is 90.6 Å². The summed E-state index contributed by atoms with van der Waals surface area (Å²) < 4.78 is 1.94. The van der Waals surface area contributed by atoms with E-state index >= 15 is 0 Å². The molecule has 0 unspecified atom stereocenters. The van der Waals surface area contributed by atoms with Gasteiger partial charge in [-0.05, 0) is 13.8 Å². The van der Waals surface area contributed by atoms with Crippen molar-refractivity contribution in [3.8, 4) is 0 Å². The molecule has 0 aliphatic carbocycles. The third-order valence-electron chi connectivity index (χ3n) is 2.41. The number of guanidine groups is 1. The van der Waals surface area contributed by atoms with Crippen molar-refractivity contribution in [3.05, 3.63) is 18.2 Å². The van der Waals surface area contributed by atoms with E-state index in [1.165, 1.54) is 0 Å². The van der Waals surface area contributed by atoms with Gasteiger partial charge in [0.1, 0.15) is 0 Å². The molecule has 0 bridgehead atoms. The number of nitrogens with two attached hydrogens (primary N) is 1. The molecule has 5 heteroatoms. The van der Waals surface area contributed by atoms with Crippen molar-refractivity contribution in [1.29, 1.82) is 0 Å². The summed E-state index contributed by atoms with van der Waals surface area (Å²) in [4.78, 5) is 10.4. The molecule has 0 aromatic carbocycles. The van der Waals surface area contributed by atoms with Gasteiger partial charge in [-0.25, -0.2) is 9.98 Å². The van der Waals surface area contributed by atoms with Crippen molar-refractivity contribution in [3.63, 3.8) is 0 Å². The largest absolute Gasteiger partial charge is 0.370 e. The van der Waals surface area contributed by atoms with Crippen LogP contribution >= 0.6 is 0 Å². The molecule has 0 spiro atoms. The first-order valence-electron chi connectivity index (χ1n) is 5.19. The summed E-state index contributed by atoms with van der Waals surface area (Å²) in [6.45, 7) is 6.49. The van der Waals surface area contributed by atoms with Crippen molar-refractivity contribution in [2.45, 2.75) is 20.4 Å². The van der Waals surface area contributed by atoms with E-state index in [0.29, 0.717) is 12.5 Å². The minimum Gasteiger partial charge on any atom is -0.370 e. The molecule has 0 aliphatic rings. The van der Waals surface area contributed by atoms with Gasteiger partial charge in [0.05, 0.1) is 24.8 Å². The van der Waals surface area contributed by atoms with Crippen LogP contribution in [0.5, 0.6) is 0 Å². The van der Waals surface area contributed by atoms with Gasteiger partial charge in [-0.1, -0.05) is 0 Å². The third-order valence-corrected chi connectivity index (χ3v) is 2.41. The molecular weight excluding hydrogens is 190 g/mol. The SMILES string of the molecule is CCN(CC)C(N)=NCc1cncn1C. The van der Waals surface area contributed by atoms with Gasteiger partial charge in [0.2, 0.25) is 0 Å². The van der Waals surface area contributed by atoms with Gasteiger partial charge in [-0.3, -0.25) is 0 Å². The molecule has 0 fully saturated rings. The van der Waals surface area contributed by atoms with Crippen molar-refractivity contribution >= 4 is 5.96 Å². The topological polar surface area (TPSA) is 59.4 Å². The standard InChI is InChI=1S/C10H19N5/c1-4-15(5-2)10(11)13-7-9-6-12-8-14(9)3/h6,8H,4-5,7H2,1-3H3,(H2,11,13). The zero-order chi connectivity index (χ0) is 11.3. The molecular formula is C10H19N5. The number of aromatic nitrogens is 2. The first-order valence-corrected chi connectivity index (χ1v) is 5.19. The number of aryl methyl sites for hydroxylation is 1. The number of rotatable bonds is 4. The molecule has 0 saturated carbocycles. The molecule has 2 N–H and O–H groups in total. The van der Waals surface area contributed by atoms with E-state index in [9.17, 15) is 0 Å². The molecule has 0 amide bonds. The zero-order valence-electron chi connectivity index (χ0n) is 9.64. The molecule has 0 saturated heterocycles. The van der Waals surface area contributed by atoms with Crippen molar-refractivity contribution < 1.29 is 0 Å². The van der Waals surface area contributed by atoms with Crippen molar-refractivity contribution in [2.75, 3.05) is 13.1 Å². The third kappa shape index (κ3) is 2.97. The number of nitrogens with zero attached hydrogens (tertiary/aromatic N) is 4. The minimum atomic E-state index is 0.582. The lowest BCUT2D eigenvalue weighted by molar-refractivity contribution is 0.458. The van der Waals surface area contributed by atoms with Crippen LogP contribution in [0.4, 0.5) is 0 Å². The molecule has 0 aliphatic heterocycles. The van der Waals surface area contributed by atoms with E-state index in [1.807, 2.05) is 16.5 Å². The molecule has 1 aromatic rings. The highest BCUT2D eigenvalue weighted by Crippen LogP contribution is 1.99. The van der Waals surface area contributed by atoms with Crippen LogP contribution in [0.3, 0.4) is 0 Å². The molecule has 0 radical (unpaired) electrons. The highest BCUT2D eigenvalue weighted by Gasteiger charge is 2.02. The van der Waals surface area contributed by atoms with E-state index in [-0.39, 0.29) is 0 Å². The Morgan fingerprint density at radius 1 is 1.53 bits per heavy atom. The first kappa shape index (κ1) is 11.6. The maximum absolute atomic E-state index is 5.85. The number of hydrogen-bond donors (Lipinski definition) is 1. The smallest absolute Gasteiger partial charge is 0.191 e. The second-order valence-corrected chi connectivity index (χ2v) is 3.34. The summed E-state index contributed by atoms with van der Waals surface area (Å²) in [5, 5.41) is 0. The van der Waals surface area contributed by atoms with E-state index in [0.717, 1.165) is 18.8 Å². The predicted octanol–water partition coefficient (Wildman–Crippen LogP) is 0.577. The monoisotopic (exact) mass is 209 g/mol. The van der Waals surface area contributed by atoms with Gasteiger partial charge < -0.3 is 15.2 Å². The molecule has 0 atom stereocenters. The fraction of sp³-hybridized carbons (Fsp3) is 0.600. The molecule has 15 heavy (non-hydrogen) atoms. The lowest BCUT2D eigenvalue weighted by Crippen LogP contribution is -2.37. The number of hydrogen-bond acceptors (Lipinski definition) is 2. The molecule has 1 aromatic heterocycles. The Kier molecular flexibility index (Phi) is 4.15. The molecule has 5 nitrogen and oxygen atoms in total. The van der Waals surface area contributed by atoms with Gasteiger partial charge >= 0.3 is 0 Å². The maximum atomic E-state index is 5.85. The highest BCUT2D eigenvalue weighted by atomic mass is 15.2. The lowest BCUT2D eigenvalue weighted by atomic mass is 10.4. The van der Waals surface area contributed by atoms with Gasteiger partial charge in [0, 0.05) is 20.1 Å². The van der Waals surface area contributed by atoms with E-state index < -0.39 is 0 Å². The lowest BCUT2D eigenvalue weighted by Gasteiger charge is -2.19. The Hall–Kier alpha value is -1.52.